The fourth-order valence-corrected chi connectivity index (χ4v) is 6.72. The minimum absolute atomic E-state index is 0.0104. The molecule has 0 spiro atoms. The highest BCUT2D eigenvalue weighted by molar-refractivity contribution is 7.89. The monoisotopic (exact) mass is 542 g/mol. The number of aliphatic carboxylic acids is 1. The molecule has 2 aliphatic heterocycles. The summed E-state index contributed by atoms with van der Waals surface area (Å²) in [6, 6.07) is 12.4. The molecule has 2 saturated heterocycles. The standard InChI is InChI=1S/C26H27ClN4O5S/c27-21-3-1-20-14-23(4-2-19(20)13-21)37(35,36)30-16-24(26(33)34)31(25(32)17-30)15-18-7-11-29(12-8-18)22-5-9-28-10-6-22/h1-6,9-10,13-14,18,24H,7-8,11-12,15-17H2,(H,33,34)/t24-/m1/s1. The number of rotatable bonds is 6. The van der Waals surface area contributed by atoms with Gasteiger partial charge in [0.2, 0.25) is 15.9 Å². The van der Waals surface area contributed by atoms with Gasteiger partial charge in [0.1, 0.15) is 6.04 Å². The van der Waals surface area contributed by atoms with Gasteiger partial charge in [-0.15, -0.1) is 0 Å². The summed E-state index contributed by atoms with van der Waals surface area (Å²) >= 11 is 6.02. The molecule has 3 heterocycles. The Labute approximate surface area is 220 Å². The summed E-state index contributed by atoms with van der Waals surface area (Å²) < 4.78 is 27.8. The summed E-state index contributed by atoms with van der Waals surface area (Å²) in [6.07, 6.45) is 5.11. The Bertz CT molecular complexity index is 1430. The maximum absolute atomic E-state index is 13.4. The van der Waals surface area contributed by atoms with Crippen LogP contribution in [0.4, 0.5) is 5.69 Å². The maximum atomic E-state index is 13.4. The van der Waals surface area contributed by atoms with Gasteiger partial charge in [0, 0.05) is 49.3 Å². The first-order valence-electron chi connectivity index (χ1n) is 12.1. The molecule has 0 radical (unpaired) electrons. The molecule has 2 aromatic carbocycles. The summed E-state index contributed by atoms with van der Waals surface area (Å²) in [5, 5.41) is 11.9. The SMILES string of the molecule is O=C(O)[C@H]1CN(S(=O)(=O)c2ccc3cc(Cl)ccc3c2)CC(=O)N1CC1CCN(c2ccncc2)CC1. The number of pyridine rings is 1. The number of aromatic nitrogens is 1. The molecule has 9 nitrogen and oxygen atoms in total. The van der Waals surface area contributed by atoms with Gasteiger partial charge in [-0.25, -0.2) is 13.2 Å². The number of anilines is 1. The van der Waals surface area contributed by atoms with Gasteiger partial charge in [-0.2, -0.15) is 4.31 Å². The van der Waals surface area contributed by atoms with Crippen molar-refractivity contribution in [1.82, 2.24) is 14.2 Å². The van der Waals surface area contributed by atoms with E-state index in [9.17, 15) is 23.1 Å². The van der Waals surface area contributed by atoms with E-state index >= 15 is 0 Å². The van der Waals surface area contributed by atoms with E-state index in [1.54, 1.807) is 36.7 Å². The van der Waals surface area contributed by atoms with Crippen LogP contribution in [0.25, 0.3) is 10.8 Å². The second kappa shape index (κ2) is 10.3. The van der Waals surface area contributed by atoms with Crippen LogP contribution in [0, 0.1) is 5.92 Å². The highest BCUT2D eigenvalue weighted by atomic mass is 35.5. The number of halogens is 1. The molecule has 1 aromatic heterocycles. The van der Waals surface area contributed by atoms with Crippen molar-refractivity contribution in [2.24, 2.45) is 5.92 Å². The van der Waals surface area contributed by atoms with Crippen LogP contribution in [0.1, 0.15) is 12.8 Å². The quantitative estimate of drug-likeness (QED) is 0.509. The summed E-state index contributed by atoms with van der Waals surface area (Å²) in [6.45, 7) is 1.20. The molecule has 0 bridgehead atoms. The number of hydrogen-bond donors (Lipinski definition) is 1. The molecular weight excluding hydrogens is 516 g/mol. The average Bonchev–Trinajstić information content (AvgIpc) is 2.90. The molecular formula is C26H27ClN4O5S. The Hall–Kier alpha value is -3.21. The number of piperidine rings is 1. The van der Waals surface area contributed by atoms with Crippen LogP contribution in [-0.2, 0) is 19.6 Å². The summed E-state index contributed by atoms with van der Waals surface area (Å²) in [4.78, 5) is 32.9. The number of nitrogens with zero attached hydrogens (tertiary/aromatic N) is 4. The Morgan fingerprint density at radius 1 is 1.03 bits per heavy atom. The number of carbonyl (C=O) groups is 2. The van der Waals surface area contributed by atoms with E-state index in [4.69, 9.17) is 11.6 Å². The minimum Gasteiger partial charge on any atom is -0.480 e. The first-order chi connectivity index (χ1) is 17.7. The lowest BCUT2D eigenvalue weighted by atomic mass is 9.94. The van der Waals surface area contributed by atoms with Crippen LogP contribution in [0.5, 0.6) is 0 Å². The van der Waals surface area contributed by atoms with Crippen molar-refractivity contribution >= 4 is 50.0 Å². The predicted octanol–water partition coefficient (Wildman–Crippen LogP) is 3.09. The minimum atomic E-state index is -4.08. The van der Waals surface area contributed by atoms with Crippen molar-refractivity contribution in [3.8, 4) is 0 Å². The van der Waals surface area contributed by atoms with Crippen molar-refractivity contribution < 1.29 is 23.1 Å². The van der Waals surface area contributed by atoms with Crippen LogP contribution in [0.2, 0.25) is 5.02 Å². The normalized spacial score (nSPS) is 19.9. The molecule has 0 saturated carbocycles. The number of benzene rings is 2. The second-order valence-corrected chi connectivity index (χ2v) is 11.9. The lowest BCUT2D eigenvalue weighted by Crippen LogP contribution is -2.61. The molecule has 3 aromatic rings. The summed E-state index contributed by atoms with van der Waals surface area (Å²) in [7, 11) is -4.08. The molecule has 2 aliphatic rings. The lowest BCUT2D eigenvalue weighted by molar-refractivity contribution is -0.154. The fourth-order valence-electron chi connectivity index (χ4n) is 5.11. The molecule has 11 heteroatoms. The predicted molar refractivity (Wildman–Crippen MR) is 140 cm³/mol. The third-order valence-corrected chi connectivity index (χ3v) is 9.22. The maximum Gasteiger partial charge on any atom is 0.327 e. The van der Waals surface area contributed by atoms with E-state index in [1.165, 1.54) is 17.0 Å². The molecule has 1 N–H and O–H groups in total. The van der Waals surface area contributed by atoms with Gasteiger partial charge in [-0.05, 0) is 65.9 Å². The molecule has 0 unspecified atom stereocenters. The van der Waals surface area contributed by atoms with Crippen LogP contribution in [0.3, 0.4) is 0 Å². The number of hydrogen-bond acceptors (Lipinski definition) is 6. The zero-order valence-electron chi connectivity index (χ0n) is 20.0. The smallest absolute Gasteiger partial charge is 0.327 e. The molecule has 1 atom stereocenters. The summed E-state index contributed by atoms with van der Waals surface area (Å²) in [5.41, 5.74) is 1.09. The van der Waals surface area contributed by atoms with Gasteiger partial charge in [0.05, 0.1) is 11.4 Å². The number of piperazine rings is 1. The Kier molecular flexibility index (Phi) is 7.06. The number of fused-ring (bicyclic) bond motifs is 1. The van der Waals surface area contributed by atoms with Gasteiger partial charge < -0.3 is 14.9 Å². The van der Waals surface area contributed by atoms with Crippen molar-refractivity contribution in [1.29, 1.82) is 0 Å². The number of carboxylic acids is 1. The highest BCUT2D eigenvalue weighted by Crippen LogP contribution is 2.28. The van der Waals surface area contributed by atoms with E-state index in [-0.39, 0.29) is 23.9 Å². The van der Waals surface area contributed by atoms with E-state index < -0.39 is 27.9 Å². The second-order valence-electron chi connectivity index (χ2n) is 9.49. The number of sulfonamides is 1. The van der Waals surface area contributed by atoms with Crippen molar-refractivity contribution in [2.75, 3.05) is 37.6 Å². The summed E-state index contributed by atoms with van der Waals surface area (Å²) in [5.74, 6) is -1.57. The Morgan fingerprint density at radius 2 is 1.70 bits per heavy atom. The fraction of sp³-hybridized carbons (Fsp3) is 0.346. The lowest BCUT2D eigenvalue weighted by Gasteiger charge is -2.41. The zero-order valence-corrected chi connectivity index (χ0v) is 21.6. The number of carboxylic acid groups (broad SMARTS) is 1. The Balaban J connectivity index is 1.29. The molecule has 1 amide bonds. The van der Waals surface area contributed by atoms with Gasteiger partial charge >= 0.3 is 5.97 Å². The van der Waals surface area contributed by atoms with Crippen molar-refractivity contribution in [2.45, 2.75) is 23.8 Å². The van der Waals surface area contributed by atoms with Crippen molar-refractivity contribution in [3.05, 3.63) is 65.9 Å². The Morgan fingerprint density at radius 3 is 2.41 bits per heavy atom. The third-order valence-electron chi connectivity index (χ3n) is 7.18. The highest BCUT2D eigenvalue weighted by Gasteiger charge is 2.42. The average molecular weight is 543 g/mol. The number of carbonyl (C=O) groups excluding carboxylic acids is 1. The number of amides is 1. The molecule has 0 aliphatic carbocycles. The zero-order chi connectivity index (χ0) is 26.2. The van der Waals surface area contributed by atoms with Gasteiger partial charge in [0.25, 0.3) is 0 Å². The van der Waals surface area contributed by atoms with E-state index in [2.05, 4.69) is 9.88 Å². The van der Waals surface area contributed by atoms with Gasteiger partial charge in [-0.3, -0.25) is 9.78 Å². The molecule has 2 fully saturated rings. The van der Waals surface area contributed by atoms with Gasteiger partial charge in [0.15, 0.2) is 0 Å². The molecule has 5 rings (SSSR count). The van der Waals surface area contributed by atoms with Crippen LogP contribution >= 0.6 is 11.6 Å². The first kappa shape index (κ1) is 25.4. The topological polar surface area (TPSA) is 111 Å². The molecule has 194 valence electrons. The van der Waals surface area contributed by atoms with Crippen LogP contribution < -0.4 is 4.90 Å². The van der Waals surface area contributed by atoms with Crippen LogP contribution in [0.15, 0.2) is 65.8 Å². The largest absolute Gasteiger partial charge is 0.480 e. The van der Waals surface area contributed by atoms with E-state index in [1.807, 2.05) is 12.1 Å². The van der Waals surface area contributed by atoms with Crippen molar-refractivity contribution in [3.63, 3.8) is 0 Å². The first-order valence-corrected chi connectivity index (χ1v) is 13.9. The van der Waals surface area contributed by atoms with E-state index in [0.717, 1.165) is 41.3 Å². The van der Waals surface area contributed by atoms with Crippen LogP contribution in [-0.4, -0.2) is 78.4 Å². The van der Waals surface area contributed by atoms with Gasteiger partial charge in [-0.1, -0.05) is 23.7 Å². The third kappa shape index (κ3) is 5.27. The van der Waals surface area contributed by atoms with E-state index in [0.29, 0.717) is 17.0 Å². The molecule has 37 heavy (non-hydrogen) atoms.